The van der Waals surface area contributed by atoms with Gasteiger partial charge < -0.3 is 15.7 Å². The van der Waals surface area contributed by atoms with Crippen molar-refractivity contribution in [3.63, 3.8) is 0 Å². The van der Waals surface area contributed by atoms with Gasteiger partial charge in [-0.2, -0.15) is 0 Å². The van der Waals surface area contributed by atoms with Gasteiger partial charge in [-0.25, -0.2) is 0 Å². The van der Waals surface area contributed by atoms with Gasteiger partial charge in [-0.1, -0.05) is 20.8 Å². The monoisotopic (exact) mass is 214 g/mol. The summed E-state index contributed by atoms with van der Waals surface area (Å²) in [5.41, 5.74) is 0. The van der Waals surface area contributed by atoms with Crippen molar-refractivity contribution in [3.8, 4) is 0 Å². The maximum Gasteiger partial charge on any atom is 0.225 e. The lowest BCUT2D eigenvalue weighted by Gasteiger charge is -2.23. The molecule has 3 N–H and O–H groups in total. The summed E-state index contributed by atoms with van der Waals surface area (Å²) in [5, 5.41) is 15.2. The van der Waals surface area contributed by atoms with Crippen molar-refractivity contribution in [2.45, 2.75) is 26.8 Å². The zero-order valence-corrected chi connectivity index (χ0v) is 9.79. The van der Waals surface area contributed by atoms with Crippen LogP contribution in [0.1, 0.15) is 20.8 Å². The topological polar surface area (TPSA) is 61.4 Å². The predicted molar refractivity (Wildman–Crippen MR) is 59.4 cm³/mol. The summed E-state index contributed by atoms with van der Waals surface area (Å²) in [4.78, 5) is 11.9. The van der Waals surface area contributed by atoms with Gasteiger partial charge in [0, 0.05) is 6.54 Å². The van der Waals surface area contributed by atoms with E-state index in [1.807, 2.05) is 13.8 Å². The predicted octanol–water partition coefficient (Wildman–Crippen LogP) is -0.0250. The fourth-order valence-corrected chi connectivity index (χ4v) is 1.87. The highest BCUT2D eigenvalue weighted by molar-refractivity contribution is 5.79. The van der Waals surface area contributed by atoms with E-state index in [-0.39, 0.29) is 30.4 Å². The molecule has 15 heavy (non-hydrogen) atoms. The molecule has 0 radical (unpaired) electrons. The molecule has 0 saturated carbocycles. The molecule has 1 aliphatic heterocycles. The summed E-state index contributed by atoms with van der Waals surface area (Å²) in [5.74, 6) is 0.776. The second-order valence-electron chi connectivity index (χ2n) is 4.78. The van der Waals surface area contributed by atoms with Crippen LogP contribution in [0.4, 0.5) is 0 Å². The summed E-state index contributed by atoms with van der Waals surface area (Å²) in [6.07, 6.45) is 0. The van der Waals surface area contributed by atoms with Crippen molar-refractivity contribution in [2.75, 3.05) is 19.7 Å². The second kappa shape index (κ2) is 5.47. The summed E-state index contributed by atoms with van der Waals surface area (Å²) in [7, 11) is 0. The average Bonchev–Trinajstić information content (AvgIpc) is 2.60. The molecular weight excluding hydrogens is 192 g/mol. The Kier molecular flexibility index (Phi) is 4.54. The van der Waals surface area contributed by atoms with E-state index in [2.05, 4.69) is 17.6 Å². The Balaban J connectivity index is 2.46. The minimum absolute atomic E-state index is 0.0118. The molecule has 0 aromatic carbocycles. The van der Waals surface area contributed by atoms with Gasteiger partial charge in [0.2, 0.25) is 5.91 Å². The molecule has 0 bridgehead atoms. The zero-order valence-electron chi connectivity index (χ0n) is 9.79. The number of aliphatic hydroxyl groups is 1. The van der Waals surface area contributed by atoms with E-state index in [1.165, 1.54) is 0 Å². The lowest BCUT2D eigenvalue weighted by molar-refractivity contribution is -0.126. The molecule has 88 valence electrons. The third-order valence-corrected chi connectivity index (χ3v) is 3.18. The van der Waals surface area contributed by atoms with Gasteiger partial charge in [0.05, 0.1) is 18.6 Å². The van der Waals surface area contributed by atoms with Crippen LogP contribution in [-0.4, -0.2) is 36.8 Å². The number of hydrogen-bond donors (Lipinski definition) is 3. The van der Waals surface area contributed by atoms with E-state index in [4.69, 9.17) is 5.11 Å². The molecule has 1 rings (SSSR count). The average molecular weight is 214 g/mol. The zero-order chi connectivity index (χ0) is 11.4. The first-order valence-corrected chi connectivity index (χ1v) is 5.68. The normalized spacial score (nSPS) is 28.1. The number of carbonyl (C=O) groups is 1. The molecule has 1 saturated heterocycles. The Morgan fingerprint density at radius 1 is 1.53 bits per heavy atom. The minimum atomic E-state index is -0.120. The molecule has 1 aliphatic rings. The Bertz CT molecular complexity index is 219. The number of carbonyl (C=O) groups excluding carboxylic acids is 1. The molecule has 0 spiro atoms. The molecule has 3 atom stereocenters. The SMILES string of the molecule is CC(C)C(CO)NC(=O)[C@@H]1CNC[C@H]1C. The van der Waals surface area contributed by atoms with Crippen LogP contribution in [0.3, 0.4) is 0 Å². The van der Waals surface area contributed by atoms with Crippen LogP contribution in [0.5, 0.6) is 0 Å². The molecular formula is C11H22N2O2. The van der Waals surface area contributed by atoms with Crippen molar-refractivity contribution in [1.82, 2.24) is 10.6 Å². The van der Waals surface area contributed by atoms with Gasteiger partial charge in [-0.15, -0.1) is 0 Å². The first-order valence-electron chi connectivity index (χ1n) is 5.68. The van der Waals surface area contributed by atoms with Crippen molar-refractivity contribution >= 4 is 5.91 Å². The largest absolute Gasteiger partial charge is 0.394 e. The van der Waals surface area contributed by atoms with E-state index < -0.39 is 0 Å². The maximum absolute atomic E-state index is 11.9. The standard InChI is InChI=1S/C11H22N2O2/c1-7(2)10(6-14)13-11(15)9-5-12-4-8(9)3/h7-10,12,14H,4-6H2,1-3H3,(H,13,15)/t8-,9-,10?/m1/s1. The van der Waals surface area contributed by atoms with E-state index in [1.54, 1.807) is 0 Å². The lowest BCUT2D eigenvalue weighted by Crippen LogP contribution is -2.45. The van der Waals surface area contributed by atoms with Gasteiger partial charge in [-0.05, 0) is 18.4 Å². The van der Waals surface area contributed by atoms with Crippen LogP contribution in [0.15, 0.2) is 0 Å². The van der Waals surface area contributed by atoms with Gasteiger partial charge in [0.15, 0.2) is 0 Å². The van der Waals surface area contributed by atoms with E-state index in [9.17, 15) is 4.79 Å². The summed E-state index contributed by atoms with van der Waals surface area (Å²) < 4.78 is 0. The molecule has 4 heteroatoms. The van der Waals surface area contributed by atoms with Crippen LogP contribution in [0, 0.1) is 17.8 Å². The van der Waals surface area contributed by atoms with E-state index in [0.29, 0.717) is 5.92 Å². The van der Waals surface area contributed by atoms with Gasteiger partial charge in [0.1, 0.15) is 0 Å². The molecule has 0 aromatic rings. The van der Waals surface area contributed by atoms with Crippen LogP contribution in [0.2, 0.25) is 0 Å². The van der Waals surface area contributed by atoms with Crippen LogP contribution < -0.4 is 10.6 Å². The third kappa shape index (κ3) is 3.18. The molecule has 1 heterocycles. The lowest BCUT2D eigenvalue weighted by atomic mass is 9.96. The Hall–Kier alpha value is -0.610. The van der Waals surface area contributed by atoms with Crippen molar-refractivity contribution in [2.24, 2.45) is 17.8 Å². The van der Waals surface area contributed by atoms with E-state index in [0.717, 1.165) is 13.1 Å². The highest BCUT2D eigenvalue weighted by Crippen LogP contribution is 2.16. The summed E-state index contributed by atoms with van der Waals surface area (Å²) in [6, 6.07) is -0.120. The molecule has 4 nitrogen and oxygen atoms in total. The fraction of sp³-hybridized carbons (Fsp3) is 0.909. The van der Waals surface area contributed by atoms with E-state index >= 15 is 0 Å². The first kappa shape index (κ1) is 12.5. The highest BCUT2D eigenvalue weighted by Gasteiger charge is 2.30. The number of amides is 1. The summed E-state index contributed by atoms with van der Waals surface area (Å²) >= 11 is 0. The van der Waals surface area contributed by atoms with Gasteiger partial charge >= 0.3 is 0 Å². The number of hydrogen-bond acceptors (Lipinski definition) is 3. The number of aliphatic hydroxyl groups excluding tert-OH is 1. The highest BCUT2D eigenvalue weighted by atomic mass is 16.3. The second-order valence-corrected chi connectivity index (χ2v) is 4.78. The third-order valence-electron chi connectivity index (χ3n) is 3.18. The molecule has 1 unspecified atom stereocenters. The Labute approximate surface area is 91.4 Å². The smallest absolute Gasteiger partial charge is 0.225 e. The number of nitrogens with one attached hydrogen (secondary N) is 2. The van der Waals surface area contributed by atoms with Crippen LogP contribution >= 0.6 is 0 Å². The minimum Gasteiger partial charge on any atom is -0.394 e. The quantitative estimate of drug-likeness (QED) is 0.616. The van der Waals surface area contributed by atoms with Gasteiger partial charge in [-0.3, -0.25) is 4.79 Å². The molecule has 0 aliphatic carbocycles. The molecule has 1 fully saturated rings. The van der Waals surface area contributed by atoms with Crippen LogP contribution in [0.25, 0.3) is 0 Å². The Morgan fingerprint density at radius 3 is 2.60 bits per heavy atom. The van der Waals surface area contributed by atoms with Crippen molar-refractivity contribution in [1.29, 1.82) is 0 Å². The van der Waals surface area contributed by atoms with Crippen molar-refractivity contribution < 1.29 is 9.90 Å². The summed E-state index contributed by atoms with van der Waals surface area (Å²) in [6.45, 7) is 7.74. The van der Waals surface area contributed by atoms with Crippen molar-refractivity contribution in [3.05, 3.63) is 0 Å². The number of rotatable bonds is 4. The maximum atomic E-state index is 11.9. The molecule has 1 amide bonds. The van der Waals surface area contributed by atoms with Gasteiger partial charge in [0.25, 0.3) is 0 Å². The van der Waals surface area contributed by atoms with Crippen LogP contribution in [-0.2, 0) is 4.79 Å². The first-order chi connectivity index (χ1) is 7.06. The Morgan fingerprint density at radius 2 is 2.20 bits per heavy atom. The fourth-order valence-electron chi connectivity index (χ4n) is 1.87. The molecule has 0 aromatic heterocycles.